The van der Waals surface area contributed by atoms with Crippen LogP contribution in [0.5, 0.6) is 0 Å². The quantitative estimate of drug-likeness (QED) is 0.889. The zero-order valence-corrected chi connectivity index (χ0v) is 11.5. The number of benzene rings is 1. The molecule has 3 N–H and O–H groups in total. The smallest absolute Gasteiger partial charge is 0.253 e. The van der Waals surface area contributed by atoms with Crippen molar-refractivity contribution in [1.82, 2.24) is 9.97 Å². The van der Waals surface area contributed by atoms with E-state index in [-0.39, 0.29) is 5.56 Å². The lowest BCUT2D eigenvalue weighted by molar-refractivity contribution is 0.897. The van der Waals surface area contributed by atoms with Crippen molar-refractivity contribution in [3.8, 4) is 0 Å². The van der Waals surface area contributed by atoms with E-state index in [1.165, 1.54) is 6.07 Å². The third kappa shape index (κ3) is 2.58. The van der Waals surface area contributed by atoms with Crippen LogP contribution < -0.4 is 16.2 Å². The molecule has 1 heterocycles. The Labute approximate surface area is 117 Å². The molecule has 0 saturated heterocycles. The Balaban J connectivity index is 1.92. The van der Waals surface area contributed by atoms with Crippen LogP contribution in [0.4, 0.5) is 11.5 Å². The molecule has 3 rings (SSSR count). The third-order valence-electron chi connectivity index (χ3n) is 3.61. The number of H-pyrrole nitrogens is 1. The topological polar surface area (TPSA) is 75.0 Å². The fourth-order valence-electron chi connectivity index (χ4n) is 2.17. The lowest BCUT2D eigenvalue weighted by Gasteiger charge is -2.19. The van der Waals surface area contributed by atoms with Gasteiger partial charge in [0.15, 0.2) is 0 Å². The van der Waals surface area contributed by atoms with E-state index in [4.69, 9.17) is 5.73 Å². The second-order valence-corrected chi connectivity index (χ2v) is 5.19. The standard InChI is InChI=1S/C15H18N4O/c1-19(12-6-2-10(9-16)3-7-12)13-8-14(20)18-15(17-13)11-4-5-11/h2-3,6-8,11H,4-5,9,16H2,1H3,(H,17,18,20). The van der Waals surface area contributed by atoms with Gasteiger partial charge in [-0.3, -0.25) is 4.79 Å². The van der Waals surface area contributed by atoms with Gasteiger partial charge in [0.25, 0.3) is 5.56 Å². The van der Waals surface area contributed by atoms with Crippen LogP contribution in [0.2, 0.25) is 0 Å². The highest BCUT2D eigenvalue weighted by atomic mass is 16.1. The molecule has 1 aliphatic carbocycles. The highest BCUT2D eigenvalue weighted by Crippen LogP contribution is 2.38. The molecule has 0 aliphatic heterocycles. The molecule has 0 amide bonds. The number of nitrogens with one attached hydrogen (secondary N) is 1. The van der Waals surface area contributed by atoms with Gasteiger partial charge in [0.2, 0.25) is 0 Å². The summed E-state index contributed by atoms with van der Waals surface area (Å²) in [7, 11) is 1.91. The van der Waals surface area contributed by atoms with E-state index in [0.717, 1.165) is 29.9 Å². The predicted octanol–water partition coefficient (Wildman–Crippen LogP) is 1.87. The van der Waals surface area contributed by atoms with Crippen LogP contribution in [-0.4, -0.2) is 17.0 Å². The van der Waals surface area contributed by atoms with Gasteiger partial charge in [-0.15, -0.1) is 0 Å². The van der Waals surface area contributed by atoms with Crippen LogP contribution >= 0.6 is 0 Å². The Bertz CT molecular complexity index is 658. The van der Waals surface area contributed by atoms with Crippen molar-refractivity contribution < 1.29 is 0 Å². The molecule has 5 nitrogen and oxygen atoms in total. The highest BCUT2D eigenvalue weighted by molar-refractivity contribution is 5.59. The van der Waals surface area contributed by atoms with Crippen LogP contribution in [0.1, 0.15) is 30.1 Å². The second-order valence-electron chi connectivity index (χ2n) is 5.19. The molecule has 0 spiro atoms. The summed E-state index contributed by atoms with van der Waals surface area (Å²) in [5.74, 6) is 1.91. The first kappa shape index (κ1) is 12.9. The third-order valence-corrected chi connectivity index (χ3v) is 3.61. The van der Waals surface area contributed by atoms with Gasteiger partial charge in [0.05, 0.1) is 0 Å². The minimum Gasteiger partial charge on any atom is -0.329 e. The summed E-state index contributed by atoms with van der Waals surface area (Å²) in [5.41, 5.74) is 7.57. The maximum atomic E-state index is 11.7. The van der Waals surface area contributed by atoms with E-state index in [1.54, 1.807) is 0 Å². The van der Waals surface area contributed by atoms with Crippen molar-refractivity contribution in [3.05, 3.63) is 52.1 Å². The molecule has 20 heavy (non-hydrogen) atoms. The number of nitrogens with two attached hydrogens (primary N) is 1. The summed E-state index contributed by atoms with van der Waals surface area (Å²) >= 11 is 0. The zero-order valence-electron chi connectivity index (χ0n) is 11.5. The fourth-order valence-corrected chi connectivity index (χ4v) is 2.17. The van der Waals surface area contributed by atoms with Crippen molar-refractivity contribution in [2.24, 2.45) is 5.73 Å². The van der Waals surface area contributed by atoms with E-state index in [2.05, 4.69) is 9.97 Å². The zero-order chi connectivity index (χ0) is 14.1. The van der Waals surface area contributed by atoms with Gasteiger partial charge < -0.3 is 15.6 Å². The maximum Gasteiger partial charge on any atom is 0.253 e. The van der Waals surface area contributed by atoms with Crippen LogP contribution in [0, 0.1) is 0 Å². The van der Waals surface area contributed by atoms with Gasteiger partial charge in [-0.05, 0) is 30.5 Å². The summed E-state index contributed by atoms with van der Waals surface area (Å²) < 4.78 is 0. The fraction of sp³-hybridized carbons (Fsp3) is 0.333. The summed E-state index contributed by atoms with van der Waals surface area (Å²) in [6.45, 7) is 0.527. The van der Waals surface area contributed by atoms with E-state index in [9.17, 15) is 4.79 Å². The molecular formula is C15H18N4O. The second kappa shape index (κ2) is 5.09. The molecular weight excluding hydrogens is 252 g/mol. The summed E-state index contributed by atoms with van der Waals surface area (Å²) in [4.78, 5) is 21.0. The minimum absolute atomic E-state index is 0.0951. The number of rotatable bonds is 4. The molecule has 1 aliphatic rings. The molecule has 104 valence electrons. The lowest BCUT2D eigenvalue weighted by atomic mass is 10.2. The molecule has 1 saturated carbocycles. The van der Waals surface area contributed by atoms with Crippen LogP contribution in [0.15, 0.2) is 35.1 Å². The molecule has 0 unspecified atom stereocenters. The Kier molecular flexibility index (Phi) is 3.28. The Morgan fingerprint density at radius 2 is 2.05 bits per heavy atom. The van der Waals surface area contributed by atoms with Crippen LogP contribution in [0.3, 0.4) is 0 Å². The van der Waals surface area contributed by atoms with E-state index < -0.39 is 0 Å². The largest absolute Gasteiger partial charge is 0.329 e. The van der Waals surface area contributed by atoms with Crippen molar-refractivity contribution in [2.75, 3.05) is 11.9 Å². The van der Waals surface area contributed by atoms with E-state index in [0.29, 0.717) is 18.3 Å². The Morgan fingerprint density at radius 3 is 2.65 bits per heavy atom. The van der Waals surface area contributed by atoms with Gasteiger partial charge in [-0.1, -0.05) is 12.1 Å². The van der Waals surface area contributed by atoms with Crippen LogP contribution in [-0.2, 0) is 6.54 Å². The van der Waals surface area contributed by atoms with Gasteiger partial charge in [-0.2, -0.15) is 0 Å². The number of hydrogen-bond acceptors (Lipinski definition) is 4. The normalized spacial score (nSPS) is 14.3. The number of aromatic amines is 1. The van der Waals surface area contributed by atoms with Crippen molar-refractivity contribution >= 4 is 11.5 Å². The van der Waals surface area contributed by atoms with Gasteiger partial charge in [0.1, 0.15) is 11.6 Å². The van der Waals surface area contributed by atoms with E-state index >= 15 is 0 Å². The minimum atomic E-state index is -0.0951. The first-order chi connectivity index (χ1) is 9.67. The molecule has 0 bridgehead atoms. The van der Waals surface area contributed by atoms with Crippen molar-refractivity contribution in [1.29, 1.82) is 0 Å². The van der Waals surface area contributed by atoms with Crippen molar-refractivity contribution in [2.45, 2.75) is 25.3 Å². The first-order valence-corrected chi connectivity index (χ1v) is 6.81. The average Bonchev–Trinajstić information content (AvgIpc) is 3.30. The van der Waals surface area contributed by atoms with Gasteiger partial charge in [-0.25, -0.2) is 4.98 Å². The summed E-state index contributed by atoms with van der Waals surface area (Å²) in [5, 5.41) is 0. The van der Waals surface area contributed by atoms with E-state index in [1.807, 2.05) is 36.2 Å². The molecule has 2 aromatic rings. The van der Waals surface area contributed by atoms with Gasteiger partial charge in [0, 0.05) is 31.3 Å². The number of nitrogens with zero attached hydrogens (tertiary/aromatic N) is 2. The molecule has 5 heteroatoms. The molecule has 1 aromatic heterocycles. The molecule has 1 aromatic carbocycles. The maximum absolute atomic E-state index is 11.7. The number of hydrogen-bond donors (Lipinski definition) is 2. The van der Waals surface area contributed by atoms with Gasteiger partial charge >= 0.3 is 0 Å². The summed E-state index contributed by atoms with van der Waals surface area (Å²) in [6, 6.07) is 9.48. The monoisotopic (exact) mass is 270 g/mol. The lowest BCUT2D eigenvalue weighted by Crippen LogP contribution is -2.18. The predicted molar refractivity (Wildman–Crippen MR) is 79.2 cm³/mol. The average molecular weight is 270 g/mol. The highest BCUT2D eigenvalue weighted by Gasteiger charge is 2.26. The Hall–Kier alpha value is -2.14. The summed E-state index contributed by atoms with van der Waals surface area (Å²) in [6.07, 6.45) is 2.22. The molecule has 0 radical (unpaired) electrons. The Morgan fingerprint density at radius 1 is 1.35 bits per heavy atom. The SMILES string of the molecule is CN(c1ccc(CN)cc1)c1cc(=O)[nH]c(C2CC2)n1. The molecule has 0 atom stereocenters. The molecule has 1 fully saturated rings. The first-order valence-electron chi connectivity index (χ1n) is 6.81. The number of aromatic nitrogens is 2. The van der Waals surface area contributed by atoms with Crippen LogP contribution in [0.25, 0.3) is 0 Å². The number of anilines is 2. The van der Waals surface area contributed by atoms with Crippen molar-refractivity contribution in [3.63, 3.8) is 0 Å².